The van der Waals surface area contributed by atoms with Crippen LogP contribution < -0.4 is 4.72 Å². The molecule has 1 aromatic heterocycles. The molecule has 1 aromatic rings. The molecule has 6 nitrogen and oxygen atoms in total. The fraction of sp³-hybridized carbons (Fsp3) is 0.444. The van der Waals surface area contributed by atoms with Crippen LogP contribution in [0.15, 0.2) is 16.3 Å². The zero-order valence-electron chi connectivity index (χ0n) is 9.26. The third kappa shape index (κ3) is 3.14. The van der Waals surface area contributed by atoms with Gasteiger partial charge in [0.2, 0.25) is 10.0 Å². The fourth-order valence-electron chi connectivity index (χ4n) is 1.46. The molecule has 0 aromatic carbocycles. The third-order valence-corrected chi connectivity index (χ3v) is 5.52. The van der Waals surface area contributed by atoms with Crippen molar-refractivity contribution in [1.29, 1.82) is 0 Å². The van der Waals surface area contributed by atoms with Crippen molar-refractivity contribution in [3.8, 4) is 0 Å². The summed E-state index contributed by atoms with van der Waals surface area (Å²) in [7, 11) is -3.54. The summed E-state index contributed by atoms with van der Waals surface area (Å²) in [5.41, 5.74) is 0. The number of carbonyl (C=O) groups excluding carboxylic acids is 1. The molecule has 2 heterocycles. The zero-order valence-corrected chi connectivity index (χ0v) is 11.6. The van der Waals surface area contributed by atoms with Gasteiger partial charge >= 0.3 is 6.09 Å². The standard InChI is InChI=1S/C9H11ClN2O4S2/c10-7-1-2-8(17-7)18(14,15)11-3-4-12-5-6-16-9(12)13/h1-2,11H,3-6H2. The van der Waals surface area contributed by atoms with Gasteiger partial charge in [-0.05, 0) is 12.1 Å². The van der Waals surface area contributed by atoms with Crippen LogP contribution >= 0.6 is 22.9 Å². The molecule has 0 atom stereocenters. The van der Waals surface area contributed by atoms with E-state index in [0.29, 0.717) is 17.5 Å². The van der Waals surface area contributed by atoms with Crippen LogP contribution in [0.5, 0.6) is 0 Å². The Kier molecular flexibility index (Phi) is 4.10. The number of sulfonamides is 1. The zero-order chi connectivity index (χ0) is 13.2. The van der Waals surface area contributed by atoms with Crippen LogP contribution in [0.1, 0.15) is 0 Å². The van der Waals surface area contributed by atoms with Crippen molar-refractivity contribution in [3.05, 3.63) is 16.5 Å². The minimum Gasteiger partial charge on any atom is -0.448 e. The molecule has 0 saturated carbocycles. The first-order valence-electron chi connectivity index (χ1n) is 5.16. The first-order valence-corrected chi connectivity index (χ1v) is 7.83. The third-order valence-electron chi connectivity index (χ3n) is 2.33. The number of rotatable bonds is 5. The van der Waals surface area contributed by atoms with Crippen molar-refractivity contribution in [2.24, 2.45) is 0 Å². The summed E-state index contributed by atoms with van der Waals surface area (Å²) < 4.78 is 31.3. The van der Waals surface area contributed by atoms with Gasteiger partial charge in [0.1, 0.15) is 10.8 Å². The largest absolute Gasteiger partial charge is 0.448 e. The van der Waals surface area contributed by atoms with E-state index in [1.54, 1.807) is 0 Å². The van der Waals surface area contributed by atoms with E-state index in [4.69, 9.17) is 16.3 Å². The number of halogens is 1. The second-order valence-corrected chi connectivity index (χ2v) is 7.27. The van der Waals surface area contributed by atoms with E-state index in [9.17, 15) is 13.2 Å². The molecule has 18 heavy (non-hydrogen) atoms. The van der Waals surface area contributed by atoms with Crippen molar-refractivity contribution in [2.45, 2.75) is 4.21 Å². The van der Waals surface area contributed by atoms with E-state index in [-0.39, 0.29) is 17.3 Å². The van der Waals surface area contributed by atoms with E-state index in [2.05, 4.69) is 4.72 Å². The number of carbonyl (C=O) groups is 1. The Balaban J connectivity index is 1.88. The van der Waals surface area contributed by atoms with Crippen LogP contribution in [-0.4, -0.2) is 45.7 Å². The number of thiophene rings is 1. The summed E-state index contributed by atoms with van der Waals surface area (Å²) in [5, 5.41) is 0. The van der Waals surface area contributed by atoms with E-state index < -0.39 is 16.1 Å². The molecule has 1 saturated heterocycles. The number of nitrogens with one attached hydrogen (secondary N) is 1. The maximum Gasteiger partial charge on any atom is 0.409 e. The van der Waals surface area contributed by atoms with Gasteiger partial charge in [0.15, 0.2) is 0 Å². The molecular weight excluding hydrogens is 300 g/mol. The van der Waals surface area contributed by atoms with E-state index in [1.807, 2.05) is 0 Å². The minimum atomic E-state index is -3.54. The Morgan fingerprint density at radius 3 is 2.83 bits per heavy atom. The lowest BCUT2D eigenvalue weighted by molar-refractivity contribution is 0.159. The summed E-state index contributed by atoms with van der Waals surface area (Å²) in [6, 6.07) is 2.97. The monoisotopic (exact) mass is 310 g/mol. The van der Waals surface area contributed by atoms with Gasteiger partial charge in [-0.15, -0.1) is 11.3 Å². The molecule has 1 aliphatic rings. The van der Waals surface area contributed by atoms with E-state index >= 15 is 0 Å². The Morgan fingerprint density at radius 1 is 1.50 bits per heavy atom. The van der Waals surface area contributed by atoms with Crippen molar-refractivity contribution >= 4 is 39.1 Å². The number of cyclic esters (lactones) is 1. The Hall–Kier alpha value is -0.830. The molecule has 2 rings (SSSR count). The number of nitrogens with zero attached hydrogens (tertiary/aromatic N) is 1. The molecule has 0 bridgehead atoms. The van der Waals surface area contributed by atoms with E-state index in [1.165, 1.54) is 17.0 Å². The Morgan fingerprint density at radius 2 is 2.28 bits per heavy atom. The topological polar surface area (TPSA) is 75.7 Å². The highest BCUT2D eigenvalue weighted by atomic mass is 35.5. The molecule has 0 unspecified atom stereocenters. The lowest BCUT2D eigenvalue weighted by atomic mass is 10.5. The number of ether oxygens (including phenoxy) is 1. The lowest BCUT2D eigenvalue weighted by Gasteiger charge is -2.12. The highest BCUT2D eigenvalue weighted by Gasteiger charge is 2.22. The average Bonchev–Trinajstić information content (AvgIpc) is 2.89. The molecule has 1 N–H and O–H groups in total. The number of hydrogen-bond acceptors (Lipinski definition) is 5. The normalized spacial score (nSPS) is 16.1. The number of hydrogen-bond donors (Lipinski definition) is 1. The molecule has 0 radical (unpaired) electrons. The second kappa shape index (κ2) is 5.43. The summed E-state index contributed by atoms with van der Waals surface area (Å²) in [4.78, 5) is 12.6. The van der Waals surface area contributed by atoms with Gasteiger partial charge in [-0.2, -0.15) is 0 Å². The molecule has 1 aliphatic heterocycles. The van der Waals surface area contributed by atoms with Crippen molar-refractivity contribution < 1.29 is 17.9 Å². The van der Waals surface area contributed by atoms with E-state index in [0.717, 1.165) is 11.3 Å². The molecule has 9 heteroatoms. The molecule has 0 aliphatic carbocycles. The second-order valence-electron chi connectivity index (χ2n) is 3.56. The van der Waals surface area contributed by atoms with Gasteiger partial charge in [-0.25, -0.2) is 17.9 Å². The highest BCUT2D eigenvalue weighted by Crippen LogP contribution is 2.25. The van der Waals surface area contributed by atoms with Crippen LogP contribution in [-0.2, 0) is 14.8 Å². The molecule has 1 fully saturated rings. The predicted octanol–water partition coefficient (Wildman–Crippen LogP) is 1.13. The molecule has 0 spiro atoms. The molecular formula is C9H11ClN2O4S2. The van der Waals surface area contributed by atoms with Crippen LogP contribution in [0.25, 0.3) is 0 Å². The average molecular weight is 311 g/mol. The fourth-order valence-corrected chi connectivity index (χ4v) is 4.01. The van der Waals surface area contributed by atoms with Crippen LogP contribution in [0.3, 0.4) is 0 Å². The van der Waals surface area contributed by atoms with Gasteiger partial charge in [-0.3, -0.25) is 0 Å². The van der Waals surface area contributed by atoms with Crippen LogP contribution in [0, 0.1) is 0 Å². The van der Waals surface area contributed by atoms with Crippen molar-refractivity contribution in [1.82, 2.24) is 9.62 Å². The van der Waals surface area contributed by atoms with Gasteiger partial charge < -0.3 is 9.64 Å². The SMILES string of the molecule is O=C1OCCN1CCNS(=O)(=O)c1ccc(Cl)s1. The summed E-state index contributed by atoms with van der Waals surface area (Å²) >= 11 is 6.67. The Labute approximate surface area is 114 Å². The summed E-state index contributed by atoms with van der Waals surface area (Å²) in [6.07, 6.45) is -0.409. The maximum atomic E-state index is 11.8. The van der Waals surface area contributed by atoms with Gasteiger partial charge in [-0.1, -0.05) is 11.6 Å². The maximum absolute atomic E-state index is 11.8. The number of amides is 1. The molecule has 100 valence electrons. The van der Waals surface area contributed by atoms with Crippen molar-refractivity contribution in [3.63, 3.8) is 0 Å². The first-order chi connectivity index (χ1) is 8.49. The Bertz CT molecular complexity index is 543. The smallest absolute Gasteiger partial charge is 0.409 e. The first kappa shape index (κ1) is 13.6. The van der Waals surface area contributed by atoms with Gasteiger partial charge in [0.25, 0.3) is 0 Å². The van der Waals surface area contributed by atoms with Crippen LogP contribution in [0.2, 0.25) is 4.34 Å². The summed E-state index contributed by atoms with van der Waals surface area (Å²) in [6.45, 7) is 1.28. The van der Waals surface area contributed by atoms with Crippen LogP contribution in [0.4, 0.5) is 4.79 Å². The molecule has 1 amide bonds. The minimum absolute atomic E-state index is 0.146. The van der Waals surface area contributed by atoms with Gasteiger partial charge in [0, 0.05) is 13.1 Å². The predicted molar refractivity (Wildman–Crippen MR) is 67.4 cm³/mol. The highest BCUT2D eigenvalue weighted by molar-refractivity contribution is 7.91. The van der Waals surface area contributed by atoms with Crippen molar-refractivity contribution in [2.75, 3.05) is 26.2 Å². The van der Waals surface area contributed by atoms with Gasteiger partial charge in [0.05, 0.1) is 10.9 Å². The lowest BCUT2D eigenvalue weighted by Crippen LogP contribution is -2.35. The summed E-state index contributed by atoms with van der Waals surface area (Å²) in [5.74, 6) is 0. The quantitative estimate of drug-likeness (QED) is 0.884.